The molecule has 0 atom stereocenters. The Labute approximate surface area is 112 Å². The van der Waals surface area contributed by atoms with Gasteiger partial charge in [0.1, 0.15) is 5.15 Å². The molecule has 1 aliphatic heterocycles. The summed E-state index contributed by atoms with van der Waals surface area (Å²) in [6.07, 6.45) is 0. The van der Waals surface area contributed by atoms with Gasteiger partial charge in [0.05, 0.1) is 10.7 Å². The van der Waals surface area contributed by atoms with Crippen molar-refractivity contribution in [2.75, 3.05) is 32.7 Å². The summed E-state index contributed by atoms with van der Waals surface area (Å²) in [6, 6.07) is 3.54. The van der Waals surface area contributed by atoms with Crippen LogP contribution in [0.25, 0.3) is 0 Å². The van der Waals surface area contributed by atoms with E-state index < -0.39 is 0 Å². The Kier molecular flexibility index (Phi) is 4.62. The topological polar surface area (TPSA) is 19.4 Å². The molecule has 0 unspecified atom stereocenters. The lowest BCUT2D eigenvalue weighted by Gasteiger charge is -2.33. The zero-order chi connectivity index (χ0) is 12.3. The van der Waals surface area contributed by atoms with Gasteiger partial charge in [-0.3, -0.25) is 4.90 Å². The molecule has 5 heteroatoms. The molecule has 1 aromatic heterocycles. The van der Waals surface area contributed by atoms with Crippen LogP contribution >= 0.6 is 23.2 Å². The SMILES string of the molecule is CCN1CCN(Cc2nc(Cl)ccc2Cl)CC1. The summed E-state index contributed by atoms with van der Waals surface area (Å²) in [5.74, 6) is 0. The Bertz CT molecular complexity index is 376. The molecule has 0 bridgehead atoms. The fourth-order valence-corrected chi connectivity index (χ4v) is 2.37. The molecular formula is C12H17Cl2N3. The molecule has 0 aliphatic carbocycles. The summed E-state index contributed by atoms with van der Waals surface area (Å²) in [5, 5.41) is 1.21. The molecule has 2 heterocycles. The van der Waals surface area contributed by atoms with Gasteiger partial charge in [-0.1, -0.05) is 30.1 Å². The molecule has 94 valence electrons. The molecule has 1 aliphatic rings. The molecule has 0 radical (unpaired) electrons. The lowest BCUT2D eigenvalue weighted by Crippen LogP contribution is -2.45. The van der Waals surface area contributed by atoms with Crippen molar-refractivity contribution in [2.45, 2.75) is 13.5 Å². The number of piperazine rings is 1. The van der Waals surface area contributed by atoms with Gasteiger partial charge >= 0.3 is 0 Å². The first-order valence-corrected chi connectivity index (χ1v) is 6.70. The average Bonchev–Trinajstić information content (AvgIpc) is 2.35. The summed E-state index contributed by atoms with van der Waals surface area (Å²) in [4.78, 5) is 9.10. The van der Waals surface area contributed by atoms with Gasteiger partial charge in [-0.15, -0.1) is 0 Å². The Morgan fingerprint density at radius 1 is 1.12 bits per heavy atom. The zero-order valence-electron chi connectivity index (χ0n) is 9.99. The van der Waals surface area contributed by atoms with Gasteiger partial charge in [0.2, 0.25) is 0 Å². The molecule has 2 rings (SSSR count). The number of likely N-dealkylation sites (N-methyl/N-ethyl adjacent to an activating group) is 1. The molecule has 0 spiro atoms. The molecule has 0 aromatic carbocycles. The molecule has 1 saturated heterocycles. The Balaban J connectivity index is 1.95. The van der Waals surface area contributed by atoms with E-state index in [0.29, 0.717) is 10.2 Å². The van der Waals surface area contributed by atoms with E-state index in [1.165, 1.54) is 0 Å². The quantitative estimate of drug-likeness (QED) is 0.790. The highest BCUT2D eigenvalue weighted by Crippen LogP contribution is 2.19. The van der Waals surface area contributed by atoms with Gasteiger partial charge in [-0.25, -0.2) is 4.98 Å². The molecular weight excluding hydrogens is 257 g/mol. The van der Waals surface area contributed by atoms with Crippen LogP contribution in [0.15, 0.2) is 12.1 Å². The van der Waals surface area contributed by atoms with E-state index in [2.05, 4.69) is 21.7 Å². The second-order valence-corrected chi connectivity index (χ2v) is 5.07. The fourth-order valence-electron chi connectivity index (χ4n) is 2.04. The number of halogens is 2. The number of aromatic nitrogens is 1. The van der Waals surface area contributed by atoms with E-state index in [1.807, 2.05) is 6.07 Å². The Morgan fingerprint density at radius 3 is 2.41 bits per heavy atom. The smallest absolute Gasteiger partial charge is 0.129 e. The van der Waals surface area contributed by atoms with E-state index in [0.717, 1.165) is 45.0 Å². The van der Waals surface area contributed by atoms with Gasteiger partial charge in [-0.2, -0.15) is 0 Å². The summed E-state index contributed by atoms with van der Waals surface area (Å²) in [6.45, 7) is 8.49. The van der Waals surface area contributed by atoms with Crippen molar-refractivity contribution in [3.8, 4) is 0 Å². The maximum Gasteiger partial charge on any atom is 0.129 e. The second kappa shape index (κ2) is 6.01. The van der Waals surface area contributed by atoms with Gasteiger partial charge in [0.25, 0.3) is 0 Å². The lowest BCUT2D eigenvalue weighted by molar-refractivity contribution is 0.131. The van der Waals surface area contributed by atoms with E-state index in [-0.39, 0.29) is 0 Å². The molecule has 0 amide bonds. The van der Waals surface area contributed by atoms with Crippen molar-refractivity contribution in [2.24, 2.45) is 0 Å². The van der Waals surface area contributed by atoms with Gasteiger partial charge in [0, 0.05) is 32.7 Å². The van der Waals surface area contributed by atoms with Crippen molar-refractivity contribution in [1.29, 1.82) is 0 Å². The highest BCUT2D eigenvalue weighted by Gasteiger charge is 2.17. The van der Waals surface area contributed by atoms with Crippen LogP contribution in [0.1, 0.15) is 12.6 Å². The van der Waals surface area contributed by atoms with Crippen LogP contribution in [0.3, 0.4) is 0 Å². The first-order chi connectivity index (χ1) is 8.19. The number of hydrogen-bond acceptors (Lipinski definition) is 3. The van der Waals surface area contributed by atoms with Crippen molar-refractivity contribution >= 4 is 23.2 Å². The van der Waals surface area contributed by atoms with E-state index in [9.17, 15) is 0 Å². The monoisotopic (exact) mass is 273 g/mol. The van der Waals surface area contributed by atoms with E-state index >= 15 is 0 Å². The third-order valence-corrected chi connectivity index (χ3v) is 3.72. The van der Waals surface area contributed by atoms with Crippen LogP contribution in [0, 0.1) is 0 Å². The van der Waals surface area contributed by atoms with Crippen molar-refractivity contribution in [3.63, 3.8) is 0 Å². The molecule has 3 nitrogen and oxygen atoms in total. The van der Waals surface area contributed by atoms with Crippen LogP contribution in [0.2, 0.25) is 10.2 Å². The van der Waals surface area contributed by atoms with Crippen LogP contribution in [-0.4, -0.2) is 47.5 Å². The Hall–Kier alpha value is -0.350. The first kappa shape index (κ1) is 13.1. The molecule has 17 heavy (non-hydrogen) atoms. The summed E-state index contributed by atoms with van der Waals surface area (Å²) >= 11 is 12.0. The van der Waals surface area contributed by atoms with Gasteiger partial charge in [-0.05, 0) is 18.7 Å². The van der Waals surface area contributed by atoms with Crippen LogP contribution < -0.4 is 0 Å². The largest absolute Gasteiger partial charge is 0.301 e. The van der Waals surface area contributed by atoms with Crippen molar-refractivity contribution < 1.29 is 0 Å². The van der Waals surface area contributed by atoms with Crippen molar-refractivity contribution in [3.05, 3.63) is 28.0 Å². The highest BCUT2D eigenvalue weighted by atomic mass is 35.5. The first-order valence-electron chi connectivity index (χ1n) is 5.94. The third kappa shape index (κ3) is 3.55. The lowest BCUT2D eigenvalue weighted by atomic mass is 10.2. The van der Waals surface area contributed by atoms with Gasteiger partial charge < -0.3 is 4.90 Å². The minimum Gasteiger partial charge on any atom is -0.301 e. The van der Waals surface area contributed by atoms with E-state index in [4.69, 9.17) is 23.2 Å². The van der Waals surface area contributed by atoms with Crippen LogP contribution in [0.4, 0.5) is 0 Å². The fraction of sp³-hybridized carbons (Fsp3) is 0.583. The average molecular weight is 274 g/mol. The van der Waals surface area contributed by atoms with Crippen LogP contribution in [0.5, 0.6) is 0 Å². The molecule has 0 N–H and O–H groups in total. The maximum atomic E-state index is 6.11. The standard InChI is InChI=1S/C12H17Cl2N3/c1-2-16-5-7-17(8-6-16)9-11-10(13)3-4-12(14)15-11/h3-4H,2,5-9H2,1H3. The predicted molar refractivity (Wildman–Crippen MR) is 71.6 cm³/mol. The molecule has 1 aromatic rings. The minimum absolute atomic E-state index is 0.511. The third-order valence-electron chi connectivity index (χ3n) is 3.17. The number of hydrogen-bond donors (Lipinski definition) is 0. The summed E-state index contributed by atoms with van der Waals surface area (Å²) in [7, 11) is 0. The highest BCUT2D eigenvalue weighted by molar-refractivity contribution is 6.32. The Morgan fingerprint density at radius 2 is 1.76 bits per heavy atom. The van der Waals surface area contributed by atoms with Gasteiger partial charge in [0.15, 0.2) is 0 Å². The molecule has 0 saturated carbocycles. The zero-order valence-corrected chi connectivity index (χ0v) is 11.5. The summed E-state index contributed by atoms with van der Waals surface area (Å²) in [5.41, 5.74) is 0.879. The normalized spacial score (nSPS) is 18.5. The second-order valence-electron chi connectivity index (χ2n) is 4.27. The number of rotatable bonds is 3. The maximum absolute atomic E-state index is 6.11. The molecule has 1 fully saturated rings. The van der Waals surface area contributed by atoms with Crippen molar-refractivity contribution in [1.82, 2.24) is 14.8 Å². The van der Waals surface area contributed by atoms with Crippen LogP contribution in [-0.2, 0) is 6.54 Å². The minimum atomic E-state index is 0.511. The summed E-state index contributed by atoms with van der Waals surface area (Å²) < 4.78 is 0. The van der Waals surface area contributed by atoms with E-state index in [1.54, 1.807) is 6.07 Å². The number of pyridine rings is 1. The number of nitrogens with zero attached hydrogens (tertiary/aromatic N) is 3. The predicted octanol–water partition coefficient (Wildman–Crippen LogP) is 2.53.